The molecule has 0 unspecified atom stereocenters. The fourth-order valence-corrected chi connectivity index (χ4v) is 2.11. The van der Waals surface area contributed by atoms with E-state index < -0.39 is 0 Å². The van der Waals surface area contributed by atoms with Crippen molar-refractivity contribution in [3.8, 4) is 0 Å². The summed E-state index contributed by atoms with van der Waals surface area (Å²) in [6.45, 7) is 5.76. The van der Waals surface area contributed by atoms with Crippen LogP contribution in [0.2, 0.25) is 5.02 Å². The van der Waals surface area contributed by atoms with Crippen molar-refractivity contribution in [2.75, 3.05) is 32.7 Å². The minimum Gasteiger partial charge on any atom is -0.314 e. The zero-order valence-electron chi connectivity index (χ0n) is 10.0. The van der Waals surface area contributed by atoms with Gasteiger partial charge in [-0.3, -0.25) is 0 Å². The molecule has 2 rings (SSSR count). The summed E-state index contributed by atoms with van der Waals surface area (Å²) in [5, 5.41) is 4.16. The fourth-order valence-electron chi connectivity index (χ4n) is 1.99. The summed E-state index contributed by atoms with van der Waals surface area (Å²) in [6, 6.07) is 7.95. The Hall–Kier alpha value is -0.830. The van der Waals surface area contributed by atoms with Crippen LogP contribution < -0.4 is 5.32 Å². The van der Waals surface area contributed by atoms with Gasteiger partial charge in [-0.15, -0.1) is 0 Å². The Labute approximate surface area is 108 Å². The van der Waals surface area contributed by atoms with E-state index in [1.807, 2.05) is 24.3 Å². The third kappa shape index (κ3) is 4.50. The molecule has 0 saturated carbocycles. The van der Waals surface area contributed by atoms with Crippen LogP contribution in [-0.2, 0) is 0 Å². The molecule has 0 spiro atoms. The predicted octanol–water partition coefficient (Wildman–Crippen LogP) is 2.65. The number of hydrogen-bond donors (Lipinski definition) is 1. The highest BCUT2D eigenvalue weighted by Gasteiger charge is 2.06. The molecular formula is C14H19ClN2. The summed E-state index contributed by atoms with van der Waals surface area (Å²) in [7, 11) is 0. The molecule has 92 valence electrons. The maximum Gasteiger partial charge on any atom is 0.0406 e. The minimum absolute atomic E-state index is 0.794. The van der Waals surface area contributed by atoms with Crippen LogP contribution >= 0.6 is 11.6 Å². The molecular weight excluding hydrogens is 232 g/mol. The molecule has 0 radical (unpaired) electrons. The van der Waals surface area contributed by atoms with Crippen LogP contribution in [0.5, 0.6) is 0 Å². The van der Waals surface area contributed by atoms with E-state index in [1.54, 1.807) is 0 Å². The summed E-state index contributed by atoms with van der Waals surface area (Å²) in [5.74, 6) is 0. The molecule has 1 fully saturated rings. The first-order chi connectivity index (χ1) is 8.34. The standard InChI is InChI=1S/C14H19ClN2/c15-14-6-4-13(5-7-14)3-1-2-10-17-11-8-16-9-12-17/h1,3-7,16H,2,8-12H2/b3-1+. The Balaban J connectivity index is 1.72. The van der Waals surface area contributed by atoms with Crippen molar-refractivity contribution < 1.29 is 0 Å². The fraction of sp³-hybridized carbons (Fsp3) is 0.429. The Bertz CT molecular complexity index is 353. The molecule has 1 aromatic carbocycles. The topological polar surface area (TPSA) is 15.3 Å². The normalized spacial score (nSPS) is 17.7. The van der Waals surface area contributed by atoms with E-state index in [9.17, 15) is 0 Å². The summed E-state index contributed by atoms with van der Waals surface area (Å²) in [6.07, 6.45) is 5.52. The van der Waals surface area contributed by atoms with Gasteiger partial charge in [0, 0.05) is 37.7 Å². The van der Waals surface area contributed by atoms with E-state index in [2.05, 4.69) is 22.4 Å². The van der Waals surface area contributed by atoms with E-state index in [1.165, 1.54) is 18.7 Å². The quantitative estimate of drug-likeness (QED) is 0.884. The van der Waals surface area contributed by atoms with E-state index in [-0.39, 0.29) is 0 Å². The SMILES string of the molecule is Clc1ccc(/C=C/CCN2CCNCC2)cc1. The first kappa shape index (κ1) is 12.6. The molecule has 0 aliphatic carbocycles. The van der Waals surface area contributed by atoms with Crippen molar-refractivity contribution in [1.29, 1.82) is 0 Å². The van der Waals surface area contributed by atoms with Crippen molar-refractivity contribution in [3.05, 3.63) is 40.9 Å². The summed E-state index contributed by atoms with van der Waals surface area (Å²) in [4.78, 5) is 2.50. The zero-order valence-corrected chi connectivity index (χ0v) is 10.8. The van der Waals surface area contributed by atoms with Crippen molar-refractivity contribution in [2.45, 2.75) is 6.42 Å². The lowest BCUT2D eigenvalue weighted by Crippen LogP contribution is -2.43. The van der Waals surface area contributed by atoms with Crippen molar-refractivity contribution in [2.24, 2.45) is 0 Å². The molecule has 1 N–H and O–H groups in total. The zero-order chi connectivity index (χ0) is 11.9. The highest BCUT2D eigenvalue weighted by atomic mass is 35.5. The molecule has 17 heavy (non-hydrogen) atoms. The molecule has 0 aromatic heterocycles. The number of hydrogen-bond acceptors (Lipinski definition) is 2. The second-order valence-corrected chi connectivity index (χ2v) is 4.77. The molecule has 1 aromatic rings. The summed E-state index contributed by atoms with van der Waals surface area (Å²) < 4.78 is 0. The molecule has 3 heteroatoms. The molecule has 0 amide bonds. The Morgan fingerprint density at radius 1 is 1.18 bits per heavy atom. The van der Waals surface area contributed by atoms with Crippen LogP contribution in [0.1, 0.15) is 12.0 Å². The van der Waals surface area contributed by atoms with Gasteiger partial charge in [0.1, 0.15) is 0 Å². The second-order valence-electron chi connectivity index (χ2n) is 4.33. The number of rotatable bonds is 4. The monoisotopic (exact) mass is 250 g/mol. The van der Waals surface area contributed by atoms with Crippen LogP contribution in [0, 0.1) is 0 Å². The van der Waals surface area contributed by atoms with Gasteiger partial charge in [-0.2, -0.15) is 0 Å². The second kappa shape index (κ2) is 6.80. The van der Waals surface area contributed by atoms with E-state index in [0.29, 0.717) is 0 Å². The lowest BCUT2D eigenvalue weighted by molar-refractivity contribution is 0.245. The van der Waals surface area contributed by atoms with Crippen LogP contribution in [0.15, 0.2) is 30.3 Å². The van der Waals surface area contributed by atoms with E-state index >= 15 is 0 Å². The number of piperazine rings is 1. The van der Waals surface area contributed by atoms with Crippen molar-refractivity contribution >= 4 is 17.7 Å². The van der Waals surface area contributed by atoms with Gasteiger partial charge in [-0.05, 0) is 24.1 Å². The maximum atomic E-state index is 5.84. The largest absolute Gasteiger partial charge is 0.314 e. The lowest BCUT2D eigenvalue weighted by atomic mass is 10.2. The van der Waals surface area contributed by atoms with E-state index in [0.717, 1.165) is 31.1 Å². The van der Waals surface area contributed by atoms with Gasteiger partial charge in [0.2, 0.25) is 0 Å². The van der Waals surface area contributed by atoms with E-state index in [4.69, 9.17) is 11.6 Å². The lowest BCUT2D eigenvalue weighted by Gasteiger charge is -2.26. The first-order valence-electron chi connectivity index (χ1n) is 6.20. The summed E-state index contributed by atoms with van der Waals surface area (Å²) >= 11 is 5.84. The molecule has 1 aliphatic heterocycles. The van der Waals surface area contributed by atoms with Crippen LogP contribution in [0.4, 0.5) is 0 Å². The molecule has 1 heterocycles. The average Bonchev–Trinajstić information content (AvgIpc) is 2.38. The van der Waals surface area contributed by atoms with Gasteiger partial charge < -0.3 is 10.2 Å². The third-order valence-corrected chi connectivity index (χ3v) is 3.25. The van der Waals surface area contributed by atoms with Crippen molar-refractivity contribution in [1.82, 2.24) is 10.2 Å². The van der Waals surface area contributed by atoms with Gasteiger partial charge in [-0.1, -0.05) is 35.9 Å². The van der Waals surface area contributed by atoms with Gasteiger partial charge in [0.05, 0.1) is 0 Å². The maximum absolute atomic E-state index is 5.84. The number of nitrogens with one attached hydrogen (secondary N) is 1. The highest BCUT2D eigenvalue weighted by Crippen LogP contribution is 2.10. The van der Waals surface area contributed by atoms with Crippen molar-refractivity contribution in [3.63, 3.8) is 0 Å². The average molecular weight is 251 g/mol. The number of benzene rings is 1. The van der Waals surface area contributed by atoms with Gasteiger partial charge in [0.15, 0.2) is 0 Å². The van der Waals surface area contributed by atoms with Gasteiger partial charge >= 0.3 is 0 Å². The Kier molecular flexibility index (Phi) is 5.05. The Morgan fingerprint density at radius 2 is 1.88 bits per heavy atom. The number of nitrogens with zero attached hydrogens (tertiary/aromatic N) is 1. The minimum atomic E-state index is 0.794. The van der Waals surface area contributed by atoms with Crippen LogP contribution in [0.3, 0.4) is 0 Å². The molecule has 0 atom stereocenters. The highest BCUT2D eigenvalue weighted by molar-refractivity contribution is 6.30. The molecule has 1 saturated heterocycles. The van der Waals surface area contributed by atoms with Gasteiger partial charge in [0.25, 0.3) is 0 Å². The molecule has 0 bridgehead atoms. The van der Waals surface area contributed by atoms with Crippen LogP contribution in [-0.4, -0.2) is 37.6 Å². The Morgan fingerprint density at radius 3 is 2.59 bits per heavy atom. The predicted molar refractivity (Wildman–Crippen MR) is 74.4 cm³/mol. The summed E-state index contributed by atoms with van der Waals surface area (Å²) in [5.41, 5.74) is 1.22. The number of halogens is 1. The smallest absolute Gasteiger partial charge is 0.0406 e. The van der Waals surface area contributed by atoms with Gasteiger partial charge in [-0.25, -0.2) is 0 Å². The molecule has 2 nitrogen and oxygen atoms in total. The van der Waals surface area contributed by atoms with Crippen LogP contribution in [0.25, 0.3) is 6.08 Å². The molecule has 1 aliphatic rings. The first-order valence-corrected chi connectivity index (χ1v) is 6.57. The third-order valence-electron chi connectivity index (χ3n) is 3.00.